The number of aliphatic hydroxyl groups excluding tert-OH is 3. The molecule has 140 valence electrons. The maximum absolute atomic E-state index is 12.3. The lowest BCUT2D eigenvalue weighted by Gasteiger charge is -2.40. The molecule has 1 fully saturated rings. The largest absolute Gasteiger partial charge is 0.468 e. The zero-order valence-electron chi connectivity index (χ0n) is 14.2. The van der Waals surface area contributed by atoms with Gasteiger partial charge in [0.15, 0.2) is 18.3 Å². The highest BCUT2D eigenvalue weighted by Gasteiger charge is 2.44. The van der Waals surface area contributed by atoms with Gasteiger partial charge in [0.25, 0.3) is 5.56 Å². The van der Waals surface area contributed by atoms with E-state index < -0.39 is 42.2 Å². The molecule has 1 aliphatic rings. The van der Waals surface area contributed by atoms with Crippen molar-refractivity contribution in [1.82, 2.24) is 9.55 Å². The van der Waals surface area contributed by atoms with Crippen molar-refractivity contribution in [2.45, 2.75) is 37.8 Å². The number of nitrogens with one attached hydrogen (secondary N) is 1. The van der Waals surface area contributed by atoms with Crippen molar-refractivity contribution < 1.29 is 34.3 Å². The summed E-state index contributed by atoms with van der Waals surface area (Å²) < 4.78 is 16.2. The Kier molecular flexibility index (Phi) is 5.75. The van der Waals surface area contributed by atoms with Crippen molar-refractivity contribution in [3.8, 4) is 6.01 Å². The van der Waals surface area contributed by atoms with Crippen molar-refractivity contribution >= 4 is 11.6 Å². The van der Waals surface area contributed by atoms with Crippen LogP contribution in [0, 0.1) is 0 Å². The number of rotatable bonds is 5. The van der Waals surface area contributed by atoms with Crippen LogP contribution in [0.3, 0.4) is 0 Å². The molecule has 0 amide bonds. The maximum Gasteiger partial charge on any atom is 0.300 e. The van der Waals surface area contributed by atoms with E-state index in [9.17, 15) is 24.9 Å². The van der Waals surface area contributed by atoms with Crippen LogP contribution in [0.15, 0.2) is 4.79 Å². The van der Waals surface area contributed by atoms with E-state index in [0.717, 1.165) is 4.57 Å². The molecule has 1 aliphatic heterocycles. The Morgan fingerprint density at radius 1 is 1.24 bits per heavy atom. The first-order chi connectivity index (χ1) is 11.7. The van der Waals surface area contributed by atoms with Crippen molar-refractivity contribution in [1.29, 1.82) is 0 Å². The van der Waals surface area contributed by atoms with Gasteiger partial charge in [0, 0.05) is 14.2 Å². The molecule has 4 N–H and O–H groups in total. The molecule has 0 unspecified atom stereocenters. The Balaban J connectivity index is 2.43. The molecule has 0 aromatic carbocycles. The predicted octanol–water partition coefficient (Wildman–Crippen LogP) is -2.19. The van der Waals surface area contributed by atoms with E-state index in [-0.39, 0.29) is 17.4 Å². The van der Waals surface area contributed by atoms with Gasteiger partial charge in [0.1, 0.15) is 29.7 Å². The number of hydrogen-bond acceptors (Lipinski definition) is 10. The second kappa shape index (κ2) is 7.45. The third-order valence-corrected chi connectivity index (χ3v) is 3.87. The Morgan fingerprint density at radius 3 is 2.40 bits per heavy atom. The van der Waals surface area contributed by atoms with E-state index >= 15 is 0 Å². The summed E-state index contributed by atoms with van der Waals surface area (Å²) in [4.78, 5) is 28.2. The summed E-state index contributed by atoms with van der Waals surface area (Å²) >= 11 is 0. The summed E-state index contributed by atoms with van der Waals surface area (Å²) in [7, 11) is 3.93. The van der Waals surface area contributed by atoms with Crippen LogP contribution in [0.5, 0.6) is 6.01 Å². The average molecular weight is 359 g/mol. The molecular weight excluding hydrogens is 338 g/mol. The molecule has 0 aliphatic carbocycles. The lowest BCUT2D eigenvalue weighted by Crippen LogP contribution is -2.60. The number of Topliss-reactive ketones (excluding diaryl/α,β-unsaturated/α-hetero) is 1. The number of nitrogens with zero attached hydrogens (tertiary/aromatic N) is 2. The van der Waals surface area contributed by atoms with E-state index in [2.05, 4.69) is 10.3 Å². The molecule has 1 aromatic rings. The number of ether oxygens (including phenoxy) is 3. The van der Waals surface area contributed by atoms with Gasteiger partial charge in [-0.05, 0) is 6.92 Å². The second-order valence-corrected chi connectivity index (χ2v) is 5.52. The Hall–Kier alpha value is -2.05. The highest BCUT2D eigenvalue weighted by molar-refractivity contribution is 5.98. The molecule has 0 radical (unpaired) electrons. The SMILES string of the molecule is COc1nc(N[C@@H]2O[C@@H](OC)[C@@H](O)[C@@H](O)[C@@H]2O)c(C(C)=O)c(=O)n1C. The van der Waals surface area contributed by atoms with E-state index in [4.69, 9.17) is 14.2 Å². The van der Waals surface area contributed by atoms with Crippen molar-refractivity contribution in [2.24, 2.45) is 7.05 Å². The fourth-order valence-corrected chi connectivity index (χ4v) is 2.48. The molecule has 5 atom stereocenters. The van der Waals surface area contributed by atoms with Gasteiger partial charge in [-0.25, -0.2) is 0 Å². The van der Waals surface area contributed by atoms with Gasteiger partial charge < -0.3 is 34.8 Å². The van der Waals surface area contributed by atoms with Crippen LogP contribution in [0.2, 0.25) is 0 Å². The van der Waals surface area contributed by atoms with Crippen LogP contribution < -0.4 is 15.6 Å². The number of hydrogen-bond donors (Lipinski definition) is 4. The smallest absolute Gasteiger partial charge is 0.300 e. The Labute approximate surface area is 142 Å². The van der Waals surface area contributed by atoms with Gasteiger partial charge in [-0.15, -0.1) is 0 Å². The predicted molar refractivity (Wildman–Crippen MR) is 83.3 cm³/mol. The van der Waals surface area contributed by atoms with Gasteiger partial charge in [0.05, 0.1) is 7.11 Å². The van der Waals surface area contributed by atoms with Gasteiger partial charge in [-0.3, -0.25) is 14.2 Å². The molecule has 2 heterocycles. The molecule has 11 nitrogen and oxygen atoms in total. The lowest BCUT2D eigenvalue weighted by molar-refractivity contribution is -0.283. The standard InChI is InChI=1S/C14H21N3O8/c1-5(18)6-10(16-14(24-4)17(2)12(6)22)15-11-8(20)7(19)9(21)13(23-3)25-11/h7-9,11,13,15,19-21H,1-4H3/t7-,8-,9-,11+,13+/m0/s1. The summed E-state index contributed by atoms with van der Waals surface area (Å²) in [5, 5.41) is 32.3. The minimum Gasteiger partial charge on any atom is -0.468 e. The molecule has 11 heteroatoms. The summed E-state index contributed by atoms with van der Waals surface area (Å²) in [5.74, 6) is -0.748. The van der Waals surface area contributed by atoms with E-state index in [1.807, 2.05) is 0 Å². The van der Waals surface area contributed by atoms with Crippen LogP contribution in [0.4, 0.5) is 5.82 Å². The van der Waals surface area contributed by atoms with E-state index in [0.29, 0.717) is 0 Å². The number of carbonyl (C=O) groups excluding carboxylic acids is 1. The third kappa shape index (κ3) is 3.50. The van der Waals surface area contributed by atoms with Gasteiger partial charge >= 0.3 is 6.01 Å². The first-order valence-electron chi connectivity index (χ1n) is 7.37. The minimum absolute atomic E-state index is 0.0772. The van der Waals surface area contributed by atoms with Gasteiger partial charge in [-0.1, -0.05) is 0 Å². The summed E-state index contributed by atoms with van der Waals surface area (Å²) in [6.07, 6.45) is -7.16. The molecule has 1 aromatic heterocycles. The summed E-state index contributed by atoms with van der Waals surface area (Å²) in [6, 6.07) is -0.0772. The fraction of sp³-hybridized carbons (Fsp3) is 0.643. The van der Waals surface area contributed by atoms with Crippen molar-refractivity contribution in [3.63, 3.8) is 0 Å². The number of ketones is 1. The summed E-state index contributed by atoms with van der Waals surface area (Å²) in [6.45, 7) is 1.19. The first-order valence-corrected chi connectivity index (χ1v) is 7.37. The monoisotopic (exact) mass is 359 g/mol. The van der Waals surface area contributed by atoms with E-state index in [1.165, 1.54) is 28.2 Å². The molecule has 0 spiro atoms. The number of carbonyl (C=O) groups is 1. The van der Waals surface area contributed by atoms with Crippen LogP contribution in [0.25, 0.3) is 0 Å². The third-order valence-electron chi connectivity index (χ3n) is 3.87. The fourth-order valence-electron chi connectivity index (χ4n) is 2.48. The van der Waals surface area contributed by atoms with E-state index in [1.54, 1.807) is 0 Å². The molecule has 25 heavy (non-hydrogen) atoms. The molecule has 0 saturated carbocycles. The second-order valence-electron chi connectivity index (χ2n) is 5.52. The minimum atomic E-state index is -1.58. The van der Waals surface area contributed by atoms with Gasteiger partial charge in [0.2, 0.25) is 0 Å². The molecule has 2 rings (SSSR count). The lowest BCUT2D eigenvalue weighted by atomic mass is 10.0. The topological polar surface area (TPSA) is 152 Å². The van der Waals surface area contributed by atoms with Crippen LogP contribution in [-0.4, -0.2) is 75.7 Å². The molecular formula is C14H21N3O8. The highest BCUT2D eigenvalue weighted by Crippen LogP contribution is 2.24. The maximum atomic E-state index is 12.3. The Morgan fingerprint density at radius 2 is 1.88 bits per heavy atom. The van der Waals surface area contributed by atoms with Crippen LogP contribution in [0.1, 0.15) is 17.3 Å². The normalized spacial score (nSPS) is 29.3. The average Bonchev–Trinajstić information content (AvgIpc) is 2.57. The zero-order chi connectivity index (χ0) is 18.9. The van der Waals surface area contributed by atoms with Crippen molar-refractivity contribution in [3.05, 3.63) is 15.9 Å². The molecule has 0 bridgehead atoms. The number of methoxy groups -OCH3 is 2. The number of anilines is 1. The number of aliphatic hydroxyl groups is 3. The van der Waals surface area contributed by atoms with Crippen LogP contribution in [-0.2, 0) is 16.5 Å². The highest BCUT2D eigenvalue weighted by atomic mass is 16.7. The first kappa shape index (κ1) is 19.3. The molecule has 1 saturated heterocycles. The zero-order valence-corrected chi connectivity index (χ0v) is 14.2. The quantitative estimate of drug-likeness (QED) is 0.427. The van der Waals surface area contributed by atoms with Gasteiger partial charge in [-0.2, -0.15) is 4.98 Å². The summed E-state index contributed by atoms with van der Waals surface area (Å²) in [5.41, 5.74) is -0.926. The number of aromatic nitrogens is 2. The van der Waals surface area contributed by atoms with Crippen molar-refractivity contribution in [2.75, 3.05) is 19.5 Å². The van der Waals surface area contributed by atoms with Crippen LogP contribution >= 0.6 is 0 Å². The Bertz CT molecular complexity index is 704.